The first-order chi connectivity index (χ1) is 8.11. The second kappa shape index (κ2) is 8.06. The van der Waals surface area contributed by atoms with Crippen LogP contribution in [0.5, 0.6) is 0 Å². The molecular weight excluding hydrogens is 214 g/mol. The summed E-state index contributed by atoms with van der Waals surface area (Å²) in [6.45, 7) is 11.7. The zero-order chi connectivity index (χ0) is 12.7. The molecule has 0 aliphatic carbocycles. The minimum absolute atomic E-state index is 0.345. The van der Waals surface area contributed by atoms with E-state index < -0.39 is 0 Å². The number of hydrogen-bond donors (Lipinski definition) is 1. The average molecular weight is 243 g/mol. The Morgan fingerprint density at radius 3 is 2.53 bits per heavy atom. The average Bonchev–Trinajstić information content (AvgIpc) is 2.25. The molecule has 1 aliphatic rings. The summed E-state index contributed by atoms with van der Waals surface area (Å²) in [4.78, 5) is 0. The van der Waals surface area contributed by atoms with Crippen LogP contribution in [-0.2, 0) is 9.47 Å². The molecule has 1 fully saturated rings. The van der Waals surface area contributed by atoms with Crippen LogP contribution in [0, 0.1) is 5.92 Å². The second-order valence-electron chi connectivity index (χ2n) is 5.49. The quantitative estimate of drug-likeness (QED) is 0.697. The van der Waals surface area contributed by atoms with Gasteiger partial charge in [0.25, 0.3) is 0 Å². The minimum Gasteiger partial charge on any atom is -0.378 e. The number of ether oxygens (including phenoxy) is 2. The van der Waals surface area contributed by atoms with Gasteiger partial charge >= 0.3 is 0 Å². The fourth-order valence-electron chi connectivity index (χ4n) is 2.36. The van der Waals surface area contributed by atoms with Crippen molar-refractivity contribution in [2.24, 2.45) is 5.92 Å². The third-order valence-electron chi connectivity index (χ3n) is 3.19. The normalized spacial score (nSPS) is 31.4. The van der Waals surface area contributed by atoms with Gasteiger partial charge in [-0.2, -0.15) is 0 Å². The zero-order valence-electron chi connectivity index (χ0n) is 11.9. The number of rotatable bonds is 7. The van der Waals surface area contributed by atoms with Crippen molar-refractivity contribution in [3.8, 4) is 0 Å². The van der Waals surface area contributed by atoms with Crippen LogP contribution in [-0.4, -0.2) is 38.0 Å². The van der Waals surface area contributed by atoms with Crippen LogP contribution in [0.15, 0.2) is 0 Å². The van der Waals surface area contributed by atoms with E-state index in [4.69, 9.17) is 9.47 Å². The van der Waals surface area contributed by atoms with E-state index in [2.05, 4.69) is 33.0 Å². The maximum absolute atomic E-state index is 6.00. The summed E-state index contributed by atoms with van der Waals surface area (Å²) < 4.78 is 11.7. The van der Waals surface area contributed by atoms with Crippen molar-refractivity contribution < 1.29 is 9.47 Å². The summed E-state index contributed by atoms with van der Waals surface area (Å²) in [6.07, 6.45) is 4.36. The standard InChI is InChI=1S/C14H29NO2/c1-5-6-15-9-11(2)10-16-14-7-12(3)17-13(4)8-14/h11-15H,5-10H2,1-4H3. The van der Waals surface area contributed by atoms with E-state index in [-0.39, 0.29) is 0 Å². The van der Waals surface area contributed by atoms with Crippen molar-refractivity contribution in [1.82, 2.24) is 5.32 Å². The molecule has 0 aromatic heterocycles. The molecule has 1 N–H and O–H groups in total. The fourth-order valence-corrected chi connectivity index (χ4v) is 2.36. The lowest BCUT2D eigenvalue weighted by atomic mass is 10.0. The van der Waals surface area contributed by atoms with Crippen molar-refractivity contribution in [2.75, 3.05) is 19.7 Å². The lowest BCUT2D eigenvalue weighted by Crippen LogP contribution is -2.35. The lowest BCUT2D eigenvalue weighted by Gasteiger charge is -2.32. The van der Waals surface area contributed by atoms with E-state index >= 15 is 0 Å². The van der Waals surface area contributed by atoms with E-state index in [1.54, 1.807) is 0 Å². The molecule has 3 unspecified atom stereocenters. The molecule has 3 nitrogen and oxygen atoms in total. The van der Waals surface area contributed by atoms with E-state index in [1.165, 1.54) is 6.42 Å². The Balaban J connectivity index is 2.12. The first-order valence-corrected chi connectivity index (χ1v) is 7.09. The molecule has 0 amide bonds. The molecule has 0 spiro atoms. The Labute approximate surface area is 106 Å². The van der Waals surface area contributed by atoms with Crippen LogP contribution < -0.4 is 5.32 Å². The Morgan fingerprint density at radius 2 is 1.94 bits per heavy atom. The number of hydrogen-bond acceptors (Lipinski definition) is 3. The molecule has 0 saturated carbocycles. The molecule has 1 heterocycles. The molecule has 0 radical (unpaired) electrons. The molecule has 1 saturated heterocycles. The zero-order valence-corrected chi connectivity index (χ0v) is 11.9. The fraction of sp³-hybridized carbons (Fsp3) is 1.00. The topological polar surface area (TPSA) is 30.5 Å². The lowest BCUT2D eigenvalue weighted by molar-refractivity contribution is -0.106. The largest absolute Gasteiger partial charge is 0.378 e. The molecular formula is C14H29NO2. The Kier molecular flexibility index (Phi) is 7.09. The van der Waals surface area contributed by atoms with Crippen molar-refractivity contribution in [3.05, 3.63) is 0 Å². The van der Waals surface area contributed by atoms with Crippen LogP contribution in [0.1, 0.15) is 47.0 Å². The molecule has 3 atom stereocenters. The van der Waals surface area contributed by atoms with Crippen molar-refractivity contribution in [3.63, 3.8) is 0 Å². The van der Waals surface area contributed by atoms with Crippen LogP contribution >= 0.6 is 0 Å². The number of nitrogens with one attached hydrogen (secondary N) is 1. The van der Waals surface area contributed by atoms with Crippen LogP contribution in [0.2, 0.25) is 0 Å². The summed E-state index contributed by atoms with van der Waals surface area (Å²) in [7, 11) is 0. The van der Waals surface area contributed by atoms with Crippen LogP contribution in [0.3, 0.4) is 0 Å². The highest BCUT2D eigenvalue weighted by Gasteiger charge is 2.25. The highest BCUT2D eigenvalue weighted by atomic mass is 16.5. The van der Waals surface area contributed by atoms with Gasteiger partial charge in [0.1, 0.15) is 0 Å². The van der Waals surface area contributed by atoms with E-state index in [9.17, 15) is 0 Å². The summed E-state index contributed by atoms with van der Waals surface area (Å²) in [6, 6.07) is 0. The summed E-state index contributed by atoms with van der Waals surface area (Å²) >= 11 is 0. The van der Waals surface area contributed by atoms with Crippen LogP contribution in [0.25, 0.3) is 0 Å². The van der Waals surface area contributed by atoms with Gasteiger partial charge in [-0.1, -0.05) is 13.8 Å². The first kappa shape index (κ1) is 14.9. The maximum atomic E-state index is 6.00. The Morgan fingerprint density at radius 1 is 1.29 bits per heavy atom. The summed E-state index contributed by atoms with van der Waals surface area (Å²) in [5.74, 6) is 0.593. The highest BCUT2D eigenvalue weighted by molar-refractivity contribution is 4.74. The molecule has 0 bridgehead atoms. The van der Waals surface area contributed by atoms with Crippen molar-refractivity contribution >= 4 is 0 Å². The SMILES string of the molecule is CCCNCC(C)COC1CC(C)OC(C)C1. The van der Waals surface area contributed by atoms with Gasteiger partial charge in [-0.3, -0.25) is 0 Å². The van der Waals surface area contributed by atoms with Gasteiger partial charge in [0.15, 0.2) is 0 Å². The third kappa shape index (κ3) is 6.39. The predicted octanol–water partition coefficient (Wildman–Crippen LogP) is 2.59. The summed E-state index contributed by atoms with van der Waals surface area (Å²) in [5, 5.41) is 3.44. The molecule has 102 valence electrons. The second-order valence-corrected chi connectivity index (χ2v) is 5.49. The maximum Gasteiger partial charge on any atom is 0.0624 e. The van der Waals surface area contributed by atoms with Crippen molar-refractivity contribution in [1.29, 1.82) is 0 Å². The van der Waals surface area contributed by atoms with Gasteiger partial charge in [0.05, 0.1) is 24.9 Å². The van der Waals surface area contributed by atoms with Gasteiger partial charge < -0.3 is 14.8 Å². The first-order valence-electron chi connectivity index (χ1n) is 7.09. The molecule has 0 aromatic rings. The van der Waals surface area contributed by atoms with Gasteiger partial charge in [-0.25, -0.2) is 0 Å². The third-order valence-corrected chi connectivity index (χ3v) is 3.19. The minimum atomic E-state index is 0.345. The Hall–Kier alpha value is -0.120. The van der Waals surface area contributed by atoms with E-state index in [1.807, 2.05) is 0 Å². The summed E-state index contributed by atoms with van der Waals surface area (Å²) in [5.41, 5.74) is 0. The van der Waals surface area contributed by atoms with E-state index in [0.29, 0.717) is 24.2 Å². The van der Waals surface area contributed by atoms with Gasteiger partial charge in [0.2, 0.25) is 0 Å². The van der Waals surface area contributed by atoms with Gasteiger partial charge in [-0.05, 0) is 52.1 Å². The molecule has 0 aromatic carbocycles. The van der Waals surface area contributed by atoms with Gasteiger partial charge in [0, 0.05) is 0 Å². The van der Waals surface area contributed by atoms with Crippen molar-refractivity contribution in [2.45, 2.75) is 65.3 Å². The molecule has 1 aliphatic heterocycles. The molecule has 1 rings (SSSR count). The highest BCUT2D eigenvalue weighted by Crippen LogP contribution is 2.21. The molecule has 17 heavy (non-hydrogen) atoms. The Bertz CT molecular complexity index is 189. The van der Waals surface area contributed by atoms with Gasteiger partial charge in [-0.15, -0.1) is 0 Å². The van der Waals surface area contributed by atoms with Crippen LogP contribution in [0.4, 0.5) is 0 Å². The predicted molar refractivity (Wildman–Crippen MR) is 71.3 cm³/mol. The smallest absolute Gasteiger partial charge is 0.0624 e. The van der Waals surface area contributed by atoms with E-state index in [0.717, 1.165) is 32.5 Å². The monoisotopic (exact) mass is 243 g/mol. The molecule has 3 heteroatoms.